The first kappa shape index (κ1) is 20.8. The number of benzene rings is 2. The minimum Gasteiger partial charge on any atom is -0.495 e. The fraction of sp³-hybridized carbons (Fsp3) is 0.136. The van der Waals surface area contributed by atoms with E-state index < -0.39 is 18.5 Å². The molecule has 0 aliphatic carbocycles. The third kappa shape index (κ3) is 4.52. The van der Waals surface area contributed by atoms with Gasteiger partial charge in [-0.15, -0.1) is 22.7 Å². The van der Waals surface area contributed by atoms with E-state index in [9.17, 15) is 14.4 Å². The second-order valence-corrected chi connectivity index (χ2v) is 8.76. The number of hydrogen-bond acceptors (Lipinski definition) is 7. The molecular weight excluding hydrogens is 436 g/mol. The minimum absolute atomic E-state index is 0.236. The lowest BCUT2D eigenvalue weighted by atomic mass is 10.2. The van der Waals surface area contributed by atoms with Gasteiger partial charge in [-0.1, -0.05) is 18.2 Å². The maximum atomic E-state index is 12.4. The van der Waals surface area contributed by atoms with Gasteiger partial charge in [0.1, 0.15) is 10.6 Å². The topological polar surface area (TPSA) is 93.7 Å². The summed E-state index contributed by atoms with van der Waals surface area (Å²) in [5.74, 6) is -0.888. The van der Waals surface area contributed by atoms with Gasteiger partial charge in [-0.2, -0.15) is 0 Å². The molecule has 0 aliphatic heterocycles. The maximum absolute atomic E-state index is 12.4. The average molecular weight is 455 g/mol. The summed E-state index contributed by atoms with van der Waals surface area (Å²) in [6.45, 7) is 0.943. The van der Waals surface area contributed by atoms with Crippen molar-refractivity contribution in [1.82, 2.24) is 0 Å². The first-order valence-corrected chi connectivity index (χ1v) is 10.9. The van der Waals surface area contributed by atoms with Crippen LogP contribution in [0.3, 0.4) is 0 Å². The maximum Gasteiger partial charge on any atom is 0.348 e. The van der Waals surface area contributed by atoms with Gasteiger partial charge in [-0.05, 0) is 30.3 Å². The van der Waals surface area contributed by atoms with Crippen LogP contribution in [0.5, 0.6) is 5.75 Å². The van der Waals surface area contributed by atoms with Crippen LogP contribution in [0.25, 0.3) is 19.5 Å². The molecule has 158 valence electrons. The van der Waals surface area contributed by atoms with Crippen LogP contribution < -0.4 is 15.4 Å². The molecule has 9 heteroatoms. The SMILES string of the molecule is COc1ccc(NC(C)=O)cc1NC(=O)COC(=O)c1cc2sc3ccccc3c2s1. The second-order valence-electron chi connectivity index (χ2n) is 6.62. The number of amides is 2. The molecule has 0 fully saturated rings. The summed E-state index contributed by atoms with van der Waals surface area (Å²) >= 11 is 2.97. The van der Waals surface area contributed by atoms with Gasteiger partial charge in [0.2, 0.25) is 5.91 Å². The number of carbonyl (C=O) groups is 3. The van der Waals surface area contributed by atoms with E-state index in [-0.39, 0.29) is 5.91 Å². The zero-order valence-electron chi connectivity index (χ0n) is 16.7. The molecule has 0 aliphatic rings. The molecule has 2 aromatic carbocycles. The fourth-order valence-corrected chi connectivity index (χ4v) is 5.49. The number of thiophene rings is 2. The van der Waals surface area contributed by atoms with E-state index >= 15 is 0 Å². The summed E-state index contributed by atoms with van der Waals surface area (Å²) in [4.78, 5) is 36.5. The number of methoxy groups -OCH3 is 1. The summed E-state index contributed by atoms with van der Waals surface area (Å²) in [5.41, 5.74) is 0.865. The number of carbonyl (C=O) groups excluding carboxylic acids is 3. The molecule has 0 saturated heterocycles. The van der Waals surface area contributed by atoms with Crippen LogP contribution in [0.2, 0.25) is 0 Å². The summed E-state index contributed by atoms with van der Waals surface area (Å²) < 4.78 is 13.6. The Labute approximate surface area is 185 Å². The number of rotatable bonds is 6. The van der Waals surface area contributed by atoms with Crippen LogP contribution in [0.4, 0.5) is 11.4 Å². The third-order valence-corrected chi connectivity index (χ3v) is 6.77. The molecule has 4 aromatic rings. The molecule has 4 rings (SSSR count). The van der Waals surface area contributed by atoms with Crippen molar-refractivity contribution in [2.75, 3.05) is 24.4 Å². The number of ether oxygens (including phenoxy) is 2. The van der Waals surface area contributed by atoms with Crippen LogP contribution in [0.15, 0.2) is 48.5 Å². The number of nitrogens with one attached hydrogen (secondary N) is 2. The van der Waals surface area contributed by atoms with Crippen molar-refractivity contribution in [2.45, 2.75) is 6.92 Å². The number of anilines is 2. The number of hydrogen-bond donors (Lipinski definition) is 2. The van der Waals surface area contributed by atoms with E-state index in [0.717, 1.165) is 14.8 Å². The van der Waals surface area contributed by atoms with Gasteiger partial charge in [0.25, 0.3) is 5.91 Å². The van der Waals surface area contributed by atoms with Gasteiger partial charge >= 0.3 is 5.97 Å². The molecule has 7 nitrogen and oxygen atoms in total. The van der Waals surface area contributed by atoms with E-state index in [1.165, 1.54) is 30.1 Å². The number of esters is 1. The fourth-order valence-electron chi connectivity index (χ4n) is 3.08. The molecule has 0 saturated carbocycles. The van der Waals surface area contributed by atoms with E-state index in [4.69, 9.17) is 9.47 Å². The molecule has 2 aromatic heterocycles. The van der Waals surface area contributed by atoms with Crippen LogP contribution in [0.1, 0.15) is 16.6 Å². The first-order valence-electron chi connectivity index (χ1n) is 9.28. The third-order valence-electron chi connectivity index (χ3n) is 4.38. The van der Waals surface area contributed by atoms with Crippen molar-refractivity contribution >= 4 is 71.3 Å². The Bertz CT molecular complexity index is 1310. The van der Waals surface area contributed by atoms with Crippen LogP contribution in [-0.2, 0) is 14.3 Å². The van der Waals surface area contributed by atoms with Crippen molar-refractivity contribution in [3.05, 3.63) is 53.4 Å². The van der Waals surface area contributed by atoms with Crippen LogP contribution in [0, 0.1) is 0 Å². The van der Waals surface area contributed by atoms with Crippen molar-refractivity contribution in [1.29, 1.82) is 0 Å². The van der Waals surface area contributed by atoms with Crippen molar-refractivity contribution in [3.63, 3.8) is 0 Å². The zero-order chi connectivity index (χ0) is 22.0. The largest absolute Gasteiger partial charge is 0.495 e. The Balaban J connectivity index is 1.42. The second kappa shape index (κ2) is 8.75. The van der Waals surface area contributed by atoms with Crippen molar-refractivity contribution in [3.8, 4) is 5.75 Å². The Morgan fingerprint density at radius 2 is 1.77 bits per heavy atom. The molecule has 0 atom stereocenters. The van der Waals surface area contributed by atoms with Gasteiger partial charge in [-0.3, -0.25) is 9.59 Å². The Hall–Kier alpha value is -3.43. The van der Waals surface area contributed by atoms with Crippen LogP contribution in [-0.4, -0.2) is 31.5 Å². The highest BCUT2D eigenvalue weighted by Gasteiger charge is 2.17. The summed E-state index contributed by atoms with van der Waals surface area (Å²) in [6, 6.07) is 14.7. The van der Waals surface area contributed by atoms with E-state index in [1.807, 2.05) is 24.3 Å². The van der Waals surface area contributed by atoms with E-state index in [0.29, 0.717) is 22.0 Å². The van der Waals surface area contributed by atoms with Crippen molar-refractivity contribution in [2.24, 2.45) is 0 Å². The van der Waals surface area contributed by atoms with Gasteiger partial charge in [-0.25, -0.2) is 4.79 Å². The lowest BCUT2D eigenvalue weighted by molar-refractivity contribution is -0.119. The average Bonchev–Trinajstić information content (AvgIpc) is 3.30. The van der Waals surface area contributed by atoms with Gasteiger partial charge in [0, 0.05) is 27.4 Å². The van der Waals surface area contributed by atoms with Crippen molar-refractivity contribution < 1.29 is 23.9 Å². The molecule has 0 bridgehead atoms. The van der Waals surface area contributed by atoms with E-state index in [2.05, 4.69) is 10.6 Å². The zero-order valence-corrected chi connectivity index (χ0v) is 18.3. The van der Waals surface area contributed by atoms with Gasteiger partial charge in [0.05, 0.1) is 17.5 Å². The summed E-state index contributed by atoms with van der Waals surface area (Å²) in [5, 5.41) is 6.38. The molecule has 2 N–H and O–H groups in total. The molecule has 0 unspecified atom stereocenters. The highest BCUT2D eigenvalue weighted by atomic mass is 32.1. The summed E-state index contributed by atoms with van der Waals surface area (Å²) in [7, 11) is 1.47. The highest BCUT2D eigenvalue weighted by Crippen LogP contribution is 2.39. The normalized spacial score (nSPS) is 10.8. The molecule has 2 heterocycles. The number of fused-ring (bicyclic) bond motifs is 3. The smallest absolute Gasteiger partial charge is 0.348 e. The van der Waals surface area contributed by atoms with Gasteiger partial charge < -0.3 is 20.1 Å². The Kier molecular flexibility index (Phi) is 5.88. The standard InChI is InChI=1S/C22H18N2O5S2/c1-12(25)23-13-7-8-16(28-2)15(9-13)24-20(26)11-29-22(27)19-10-18-21(31-19)14-5-3-4-6-17(14)30-18/h3-10H,11H2,1-2H3,(H,23,25)(H,24,26). The Morgan fingerprint density at radius 3 is 2.55 bits per heavy atom. The highest BCUT2D eigenvalue weighted by molar-refractivity contribution is 7.33. The summed E-state index contributed by atoms with van der Waals surface area (Å²) in [6.07, 6.45) is 0. The van der Waals surface area contributed by atoms with Crippen LogP contribution >= 0.6 is 22.7 Å². The predicted octanol–water partition coefficient (Wildman–Crippen LogP) is 4.88. The molecule has 31 heavy (non-hydrogen) atoms. The van der Waals surface area contributed by atoms with Gasteiger partial charge in [0.15, 0.2) is 6.61 Å². The minimum atomic E-state index is -0.549. The molecule has 0 spiro atoms. The molecule has 2 amide bonds. The molecular formula is C22H18N2O5S2. The quantitative estimate of drug-likeness (QED) is 0.405. The lowest BCUT2D eigenvalue weighted by Gasteiger charge is -2.12. The molecule has 0 radical (unpaired) electrons. The predicted molar refractivity (Wildman–Crippen MR) is 123 cm³/mol. The lowest BCUT2D eigenvalue weighted by Crippen LogP contribution is -2.21. The Morgan fingerprint density at radius 1 is 0.968 bits per heavy atom. The van der Waals surface area contributed by atoms with E-state index in [1.54, 1.807) is 35.6 Å². The monoisotopic (exact) mass is 454 g/mol. The first-order chi connectivity index (χ1) is 14.9.